The summed E-state index contributed by atoms with van der Waals surface area (Å²) in [5.74, 6) is 2.07. The van der Waals surface area contributed by atoms with Gasteiger partial charge >= 0.3 is 0 Å². The number of ether oxygens (including phenoxy) is 4. The third kappa shape index (κ3) is 4.55. The first-order chi connectivity index (χ1) is 12.1. The van der Waals surface area contributed by atoms with Crippen molar-refractivity contribution in [3.8, 4) is 23.0 Å². The molecule has 2 atom stereocenters. The van der Waals surface area contributed by atoms with Crippen LogP contribution in [-0.2, 0) is 0 Å². The van der Waals surface area contributed by atoms with E-state index in [1.165, 1.54) is 14.2 Å². The largest absolute Gasteiger partial charge is 0.493 e. The molecule has 0 amide bonds. The lowest BCUT2D eigenvalue weighted by Gasteiger charge is -2.24. The molecule has 0 spiro atoms. The van der Waals surface area contributed by atoms with Crippen molar-refractivity contribution >= 4 is 0 Å². The Kier molecular flexibility index (Phi) is 6.91. The van der Waals surface area contributed by atoms with Gasteiger partial charge in [-0.05, 0) is 36.8 Å². The molecule has 0 aliphatic heterocycles. The van der Waals surface area contributed by atoms with Gasteiger partial charge in [-0.25, -0.2) is 0 Å². The molecule has 0 bridgehead atoms. The average Bonchev–Trinajstić information content (AvgIpc) is 2.66. The summed E-state index contributed by atoms with van der Waals surface area (Å²) in [4.78, 5) is 0. The molecule has 25 heavy (non-hydrogen) atoms. The van der Waals surface area contributed by atoms with Gasteiger partial charge in [0.15, 0.2) is 29.1 Å². The fourth-order valence-electron chi connectivity index (χ4n) is 2.44. The van der Waals surface area contributed by atoms with Gasteiger partial charge in [-0.3, -0.25) is 0 Å². The van der Waals surface area contributed by atoms with E-state index in [2.05, 4.69) is 0 Å². The molecule has 0 saturated carbocycles. The van der Waals surface area contributed by atoms with Crippen molar-refractivity contribution in [1.29, 1.82) is 0 Å². The molecule has 2 N–H and O–H groups in total. The van der Waals surface area contributed by atoms with Gasteiger partial charge in [-0.2, -0.15) is 0 Å². The van der Waals surface area contributed by atoms with Gasteiger partial charge in [0.1, 0.15) is 6.10 Å². The van der Waals surface area contributed by atoms with Crippen LogP contribution in [0.25, 0.3) is 0 Å². The Labute approximate surface area is 147 Å². The summed E-state index contributed by atoms with van der Waals surface area (Å²) < 4.78 is 21.8. The quantitative estimate of drug-likeness (QED) is 0.725. The van der Waals surface area contributed by atoms with Crippen LogP contribution in [0.3, 0.4) is 0 Å². The fraction of sp³-hybridized carbons (Fsp3) is 0.368. The first kappa shape index (κ1) is 18.9. The van der Waals surface area contributed by atoms with E-state index < -0.39 is 12.2 Å². The van der Waals surface area contributed by atoms with E-state index in [1.54, 1.807) is 36.4 Å². The molecule has 0 heterocycles. The van der Waals surface area contributed by atoms with Crippen LogP contribution in [0.1, 0.15) is 18.6 Å². The summed E-state index contributed by atoms with van der Waals surface area (Å²) in [7, 11) is 3.06. The van der Waals surface area contributed by atoms with Crippen LogP contribution < -0.4 is 18.9 Å². The van der Waals surface area contributed by atoms with Gasteiger partial charge in [-0.1, -0.05) is 18.2 Å². The summed E-state index contributed by atoms with van der Waals surface area (Å²) in [5.41, 5.74) is 0.550. The van der Waals surface area contributed by atoms with Crippen LogP contribution in [0, 0.1) is 0 Å². The molecule has 6 nitrogen and oxygen atoms in total. The van der Waals surface area contributed by atoms with E-state index in [1.807, 2.05) is 13.0 Å². The van der Waals surface area contributed by atoms with E-state index in [4.69, 9.17) is 18.9 Å². The van der Waals surface area contributed by atoms with Gasteiger partial charge in [0.25, 0.3) is 0 Å². The maximum Gasteiger partial charge on any atom is 0.161 e. The van der Waals surface area contributed by atoms with Crippen molar-refractivity contribution in [3.05, 3.63) is 48.0 Å². The number of aliphatic hydroxyl groups is 2. The Bertz CT molecular complexity index is 673. The molecule has 0 radical (unpaired) electrons. The molecule has 0 unspecified atom stereocenters. The monoisotopic (exact) mass is 348 g/mol. The topological polar surface area (TPSA) is 77.4 Å². The van der Waals surface area contributed by atoms with Crippen LogP contribution in [0.2, 0.25) is 0 Å². The lowest BCUT2D eigenvalue weighted by atomic mass is 10.0. The van der Waals surface area contributed by atoms with Crippen molar-refractivity contribution in [3.63, 3.8) is 0 Å². The minimum atomic E-state index is -1.06. The number of para-hydroxylation sites is 2. The minimum absolute atomic E-state index is 0.366. The molecular formula is C19H24O6. The standard InChI is InChI=1S/C19H24O6/c1-4-24-15-10-9-13(11-17(15)23-3)19(21)18(12-20)25-16-8-6-5-7-14(16)22-2/h5-11,18-21H,4,12H2,1-3H3/t18-,19+/m0/s1. The van der Waals surface area contributed by atoms with Gasteiger partial charge in [-0.15, -0.1) is 0 Å². The SMILES string of the molecule is CCOc1ccc([C@@H](O)[C@H](CO)Oc2ccccc2OC)cc1OC. The van der Waals surface area contributed by atoms with Crippen LogP contribution in [0.4, 0.5) is 0 Å². The molecule has 2 aromatic rings. The van der Waals surface area contributed by atoms with Crippen molar-refractivity contribution in [2.24, 2.45) is 0 Å². The van der Waals surface area contributed by atoms with Crippen molar-refractivity contribution in [2.75, 3.05) is 27.4 Å². The van der Waals surface area contributed by atoms with Gasteiger partial charge in [0.2, 0.25) is 0 Å². The van der Waals surface area contributed by atoms with E-state index in [-0.39, 0.29) is 6.61 Å². The second-order valence-corrected chi connectivity index (χ2v) is 5.28. The molecule has 0 saturated heterocycles. The lowest BCUT2D eigenvalue weighted by Crippen LogP contribution is -2.29. The fourth-order valence-corrected chi connectivity index (χ4v) is 2.44. The smallest absolute Gasteiger partial charge is 0.161 e. The zero-order valence-electron chi connectivity index (χ0n) is 14.6. The minimum Gasteiger partial charge on any atom is -0.493 e. The maximum absolute atomic E-state index is 10.6. The maximum atomic E-state index is 10.6. The van der Waals surface area contributed by atoms with Crippen LogP contribution in [0.15, 0.2) is 42.5 Å². The second-order valence-electron chi connectivity index (χ2n) is 5.28. The van der Waals surface area contributed by atoms with Gasteiger partial charge in [0, 0.05) is 0 Å². The van der Waals surface area contributed by atoms with Crippen molar-refractivity contribution < 1.29 is 29.2 Å². The third-order valence-corrected chi connectivity index (χ3v) is 3.71. The molecule has 0 fully saturated rings. The first-order valence-corrected chi connectivity index (χ1v) is 8.03. The molecule has 2 aromatic carbocycles. The number of methoxy groups -OCH3 is 2. The normalized spacial score (nSPS) is 13.0. The predicted molar refractivity (Wildman–Crippen MR) is 93.6 cm³/mol. The van der Waals surface area contributed by atoms with Crippen LogP contribution in [0.5, 0.6) is 23.0 Å². The highest BCUT2D eigenvalue weighted by molar-refractivity contribution is 5.44. The van der Waals surface area contributed by atoms with E-state index in [9.17, 15) is 10.2 Å². The highest BCUT2D eigenvalue weighted by Gasteiger charge is 2.24. The van der Waals surface area contributed by atoms with E-state index in [0.29, 0.717) is 35.2 Å². The summed E-state index contributed by atoms with van der Waals surface area (Å²) in [5, 5.41) is 20.3. The van der Waals surface area contributed by atoms with Gasteiger partial charge < -0.3 is 29.2 Å². The summed E-state index contributed by atoms with van der Waals surface area (Å²) in [6, 6.07) is 12.2. The Hall–Kier alpha value is -2.44. The molecule has 136 valence electrons. The van der Waals surface area contributed by atoms with E-state index >= 15 is 0 Å². The second kappa shape index (κ2) is 9.15. The Morgan fingerprint density at radius 3 is 2.20 bits per heavy atom. The summed E-state index contributed by atoms with van der Waals surface area (Å²) in [6.07, 6.45) is -1.92. The van der Waals surface area contributed by atoms with Crippen molar-refractivity contribution in [1.82, 2.24) is 0 Å². The molecule has 6 heteroatoms. The van der Waals surface area contributed by atoms with E-state index in [0.717, 1.165) is 0 Å². The number of hydrogen-bond acceptors (Lipinski definition) is 6. The number of hydrogen-bond donors (Lipinski definition) is 2. The number of benzene rings is 2. The summed E-state index contributed by atoms with van der Waals surface area (Å²) >= 11 is 0. The zero-order valence-corrected chi connectivity index (χ0v) is 14.6. The average molecular weight is 348 g/mol. The van der Waals surface area contributed by atoms with Crippen LogP contribution in [-0.4, -0.2) is 43.8 Å². The Balaban J connectivity index is 2.22. The molecule has 0 aromatic heterocycles. The van der Waals surface area contributed by atoms with Crippen LogP contribution >= 0.6 is 0 Å². The Morgan fingerprint density at radius 1 is 0.920 bits per heavy atom. The highest BCUT2D eigenvalue weighted by atomic mass is 16.5. The van der Waals surface area contributed by atoms with Gasteiger partial charge in [0.05, 0.1) is 27.4 Å². The number of rotatable bonds is 9. The molecule has 2 rings (SSSR count). The molecule has 0 aliphatic rings. The first-order valence-electron chi connectivity index (χ1n) is 8.03. The molecular weight excluding hydrogens is 324 g/mol. The number of aliphatic hydroxyl groups excluding tert-OH is 2. The molecule has 0 aliphatic carbocycles. The predicted octanol–water partition coefficient (Wildman–Crippen LogP) is 2.58. The highest BCUT2D eigenvalue weighted by Crippen LogP contribution is 2.33. The third-order valence-electron chi connectivity index (χ3n) is 3.71. The lowest BCUT2D eigenvalue weighted by molar-refractivity contribution is -0.000519. The van der Waals surface area contributed by atoms with Crippen molar-refractivity contribution in [2.45, 2.75) is 19.1 Å². The summed E-state index contributed by atoms with van der Waals surface area (Å²) in [6.45, 7) is 2.02. The zero-order chi connectivity index (χ0) is 18.2. The Morgan fingerprint density at radius 2 is 1.60 bits per heavy atom.